The average Bonchev–Trinajstić information content (AvgIpc) is 2.72. The van der Waals surface area contributed by atoms with Crippen molar-refractivity contribution in [2.45, 2.75) is 32.4 Å². The minimum atomic E-state index is -0.290. The first-order valence-electron chi connectivity index (χ1n) is 6.11. The van der Waals surface area contributed by atoms with Gasteiger partial charge in [0, 0.05) is 23.0 Å². The monoisotopic (exact) mass is 267 g/mol. The molecule has 0 bridgehead atoms. The molecule has 0 aliphatic carbocycles. The Hall–Kier alpha value is -1.03. The molecule has 18 heavy (non-hydrogen) atoms. The van der Waals surface area contributed by atoms with E-state index in [4.69, 9.17) is 16.0 Å². The average molecular weight is 268 g/mol. The number of fused-ring (bicyclic) bond motifs is 1. The third-order valence-electron chi connectivity index (χ3n) is 3.47. The van der Waals surface area contributed by atoms with Gasteiger partial charge in [-0.3, -0.25) is 0 Å². The molecule has 0 aliphatic heterocycles. The maximum absolute atomic E-state index is 9.38. The molecule has 2 rings (SSSR count). The molecule has 1 heterocycles. The number of halogens is 1. The van der Waals surface area contributed by atoms with E-state index < -0.39 is 0 Å². The van der Waals surface area contributed by atoms with Gasteiger partial charge in [0.2, 0.25) is 0 Å². The van der Waals surface area contributed by atoms with Crippen LogP contribution in [0.2, 0.25) is 5.22 Å². The molecular formula is C14H18ClNO2. The van der Waals surface area contributed by atoms with Gasteiger partial charge in [0.1, 0.15) is 5.58 Å². The van der Waals surface area contributed by atoms with E-state index in [1.54, 1.807) is 0 Å². The van der Waals surface area contributed by atoms with Crippen molar-refractivity contribution in [1.29, 1.82) is 0 Å². The summed E-state index contributed by atoms with van der Waals surface area (Å²) in [4.78, 5) is 0. The van der Waals surface area contributed by atoms with Crippen LogP contribution >= 0.6 is 11.6 Å². The highest BCUT2D eigenvalue weighted by molar-refractivity contribution is 6.30. The van der Waals surface area contributed by atoms with Crippen LogP contribution in [0.3, 0.4) is 0 Å². The van der Waals surface area contributed by atoms with Gasteiger partial charge in [0.05, 0.1) is 6.61 Å². The molecule has 98 valence electrons. The number of hydrogen-bond acceptors (Lipinski definition) is 3. The van der Waals surface area contributed by atoms with Crippen molar-refractivity contribution in [3.8, 4) is 0 Å². The van der Waals surface area contributed by atoms with Crippen LogP contribution < -0.4 is 5.32 Å². The molecule has 0 radical (unpaired) electrons. The number of furan rings is 1. The Morgan fingerprint density at radius 1 is 1.39 bits per heavy atom. The summed E-state index contributed by atoms with van der Waals surface area (Å²) in [5, 5.41) is 14.2. The Morgan fingerprint density at radius 2 is 2.11 bits per heavy atom. The summed E-state index contributed by atoms with van der Waals surface area (Å²) >= 11 is 6.11. The van der Waals surface area contributed by atoms with Gasteiger partial charge < -0.3 is 14.8 Å². The van der Waals surface area contributed by atoms with E-state index in [1.807, 2.05) is 38.1 Å². The molecular weight excluding hydrogens is 250 g/mol. The van der Waals surface area contributed by atoms with Gasteiger partial charge in [-0.05, 0) is 31.0 Å². The lowest BCUT2D eigenvalue weighted by Gasteiger charge is -2.27. The normalized spacial score (nSPS) is 14.9. The van der Waals surface area contributed by atoms with E-state index in [0.717, 1.165) is 23.0 Å². The third-order valence-corrected chi connectivity index (χ3v) is 3.78. The standard InChI is InChI=1S/C14H18ClNO2/c1-3-14(2,9-17)16-8-11-10-6-4-5-7-12(10)18-13(11)15/h4-7,16-17H,3,8-9H2,1-2H3. The molecule has 0 fully saturated rings. The van der Waals surface area contributed by atoms with Crippen LogP contribution in [-0.2, 0) is 6.54 Å². The molecule has 2 N–H and O–H groups in total. The van der Waals surface area contributed by atoms with E-state index in [-0.39, 0.29) is 12.1 Å². The van der Waals surface area contributed by atoms with Gasteiger partial charge in [-0.25, -0.2) is 0 Å². The van der Waals surface area contributed by atoms with Gasteiger partial charge in [0.15, 0.2) is 5.22 Å². The van der Waals surface area contributed by atoms with Crippen molar-refractivity contribution >= 4 is 22.6 Å². The highest BCUT2D eigenvalue weighted by Gasteiger charge is 2.21. The maximum atomic E-state index is 9.38. The van der Waals surface area contributed by atoms with Gasteiger partial charge >= 0.3 is 0 Å². The number of hydrogen-bond donors (Lipinski definition) is 2. The Kier molecular flexibility index (Phi) is 3.95. The second-order valence-electron chi connectivity index (χ2n) is 4.78. The minimum Gasteiger partial charge on any atom is -0.444 e. The van der Waals surface area contributed by atoms with Crippen molar-refractivity contribution < 1.29 is 9.52 Å². The predicted molar refractivity (Wildman–Crippen MR) is 73.8 cm³/mol. The van der Waals surface area contributed by atoms with Crippen LogP contribution in [-0.4, -0.2) is 17.3 Å². The Labute approximate surface area is 112 Å². The quantitative estimate of drug-likeness (QED) is 0.873. The molecule has 0 saturated heterocycles. The molecule has 2 aromatic rings. The van der Waals surface area contributed by atoms with E-state index in [2.05, 4.69) is 5.32 Å². The Balaban J connectivity index is 2.24. The van der Waals surface area contributed by atoms with E-state index in [0.29, 0.717) is 11.8 Å². The zero-order valence-electron chi connectivity index (χ0n) is 10.7. The van der Waals surface area contributed by atoms with Crippen LogP contribution in [0.25, 0.3) is 11.0 Å². The zero-order chi connectivity index (χ0) is 13.2. The Morgan fingerprint density at radius 3 is 2.78 bits per heavy atom. The van der Waals surface area contributed by atoms with E-state index in [1.165, 1.54) is 0 Å². The Bertz CT molecular complexity index is 532. The topological polar surface area (TPSA) is 45.4 Å². The number of aliphatic hydroxyl groups is 1. The molecule has 4 heteroatoms. The van der Waals surface area contributed by atoms with Crippen LogP contribution in [0, 0.1) is 0 Å². The van der Waals surface area contributed by atoms with Gasteiger partial charge in [0.25, 0.3) is 0 Å². The molecule has 1 unspecified atom stereocenters. The highest BCUT2D eigenvalue weighted by Crippen LogP contribution is 2.29. The fraction of sp³-hybridized carbons (Fsp3) is 0.429. The number of rotatable bonds is 5. The van der Waals surface area contributed by atoms with Crippen molar-refractivity contribution in [2.75, 3.05) is 6.61 Å². The number of aliphatic hydroxyl groups excluding tert-OH is 1. The summed E-state index contributed by atoms with van der Waals surface area (Å²) in [6, 6.07) is 7.77. The fourth-order valence-electron chi connectivity index (χ4n) is 1.83. The maximum Gasteiger partial charge on any atom is 0.199 e. The smallest absolute Gasteiger partial charge is 0.199 e. The number of para-hydroxylation sites is 1. The molecule has 1 atom stereocenters. The van der Waals surface area contributed by atoms with E-state index in [9.17, 15) is 5.11 Å². The second-order valence-corrected chi connectivity index (χ2v) is 5.12. The first-order valence-corrected chi connectivity index (χ1v) is 6.49. The molecule has 0 amide bonds. The second kappa shape index (κ2) is 5.31. The number of benzene rings is 1. The van der Waals surface area contributed by atoms with Crippen LogP contribution in [0.4, 0.5) is 0 Å². The lowest BCUT2D eigenvalue weighted by molar-refractivity contribution is 0.169. The van der Waals surface area contributed by atoms with Crippen molar-refractivity contribution in [2.24, 2.45) is 0 Å². The highest BCUT2D eigenvalue weighted by atomic mass is 35.5. The SMILES string of the molecule is CCC(C)(CO)NCc1c(Cl)oc2ccccc12. The summed E-state index contributed by atoms with van der Waals surface area (Å²) in [5.74, 6) is 0. The first kappa shape index (κ1) is 13.4. The van der Waals surface area contributed by atoms with Crippen molar-refractivity contribution in [3.05, 3.63) is 35.0 Å². The number of nitrogens with one attached hydrogen (secondary N) is 1. The molecule has 0 aliphatic rings. The summed E-state index contributed by atoms with van der Waals surface area (Å²) in [5.41, 5.74) is 1.45. The third kappa shape index (κ3) is 2.53. The lowest BCUT2D eigenvalue weighted by Crippen LogP contribution is -2.44. The lowest BCUT2D eigenvalue weighted by atomic mass is 10.00. The summed E-state index contributed by atoms with van der Waals surface area (Å²) in [6.45, 7) is 4.71. The molecule has 1 aromatic heterocycles. The zero-order valence-corrected chi connectivity index (χ0v) is 11.4. The summed E-state index contributed by atoms with van der Waals surface area (Å²) < 4.78 is 5.49. The largest absolute Gasteiger partial charge is 0.444 e. The minimum absolute atomic E-state index is 0.0941. The van der Waals surface area contributed by atoms with Crippen LogP contribution in [0.15, 0.2) is 28.7 Å². The van der Waals surface area contributed by atoms with Gasteiger partial charge in [-0.2, -0.15) is 0 Å². The van der Waals surface area contributed by atoms with Gasteiger partial charge in [-0.15, -0.1) is 0 Å². The molecule has 0 spiro atoms. The van der Waals surface area contributed by atoms with Crippen LogP contribution in [0.1, 0.15) is 25.8 Å². The fourth-order valence-corrected chi connectivity index (χ4v) is 2.08. The molecule has 1 aromatic carbocycles. The van der Waals surface area contributed by atoms with E-state index >= 15 is 0 Å². The van der Waals surface area contributed by atoms with Gasteiger partial charge in [-0.1, -0.05) is 25.1 Å². The molecule has 3 nitrogen and oxygen atoms in total. The first-order chi connectivity index (χ1) is 8.59. The predicted octanol–water partition coefficient (Wildman–Crippen LogP) is 3.34. The molecule has 0 saturated carbocycles. The van der Waals surface area contributed by atoms with Crippen molar-refractivity contribution in [1.82, 2.24) is 5.32 Å². The summed E-state index contributed by atoms with van der Waals surface area (Å²) in [6.07, 6.45) is 0.844. The summed E-state index contributed by atoms with van der Waals surface area (Å²) in [7, 11) is 0. The van der Waals surface area contributed by atoms with Crippen LogP contribution in [0.5, 0.6) is 0 Å². The van der Waals surface area contributed by atoms with Crippen molar-refractivity contribution in [3.63, 3.8) is 0 Å².